The van der Waals surface area contributed by atoms with Crippen LogP contribution >= 0.6 is 11.3 Å². The number of carbonyl (C=O) groups is 1. The predicted molar refractivity (Wildman–Crippen MR) is 71.3 cm³/mol. The molecule has 0 aromatic carbocycles. The fourth-order valence-corrected chi connectivity index (χ4v) is 2.73. The molecule has 0 saturated carbocycles. The van der Waals surface area contributed by atoms with Gasteiger partial charge in [-0.15, -0.1) is 11.3 Å². The second-order valence-corrected chi connectivity index (χ2v) is 6.00. The summed E-state index contributed by atoms with van der Waals surface area (Å²) in [4.78, 5) is 26.3. The Morgan fingerprint density at radius 3 is 2.95 bits per heavy atom. The van der Waals surface area contributed by atoms with Gasteiger partial charge in [-0.25, -0.2) is 4.98 Å². The summed E-state index contributed by atoms with van der Waals surface area (Å²) in [7, 11) is 0. The molecule has 2 atom stereocenters. The van der Waals surface area contributed by atoms with Crippen molar-refractivity contribution in [3.63, 3.8) is 0 Å². The van der Waals surface area contributed by atoms with Gasteiger partial charge in [0.05, 0.1) is 18.6 Å². The smallest absolute Gasteiger partial charge is 0.209 e. The average Bonchev–Trinajstić information content (AvgIpc) is 2.96. The fourth-order valence-electron chi connectivity index (χ4n) is 2.14. The van der Waals surface area contributed by atoms with Crippen molar-refractivity contribution in [3.8, 4) is 0 Å². The van der Waals surface area contributed by atoms with Gasteiger partial charge in [0.1, 0.15) is 0 Å². The van der Waals surface area contributed by atoms with E-state index < -0.39 is 22.7 Å². The third-order valence-electron chi connectivity index (χ3n) is 3.06. The van der Waals surface area contributed by atoms with Crippen LogP contribution in [0.1, 0.15) is 30.1 Å². The highest BCUT2D eigenvalue weighted by Crippen LogP contribution is 2.29. The van der Waals surface area contributed by atoms with E-state index in [4.69, 9.17) is 9.47 Å². The van der Waals surface area contributed by atoms with Crippen LogP contribution in [0.3, 0.4) is 0 Å². The minimum Gasteiger partial charge on any atom is -0.348 e. The summed E-state index contributed by atoms with van der Waals surface area (Å²) in [6.45, 7) is 3.44. The first-order valence-corrected chi connectivity index (χ1v) is 7.11. The first-order chi connectivity index (χ1) is 9.37. The van der Waals surface area contributed by atoms with Crippen molar-refractivity contribution in [3.05, 3.63) is 26.7 Å². The zero-order chi connectivity index (χ0) is 14.8. The van der Waals surface area contributed by atoms with E-state index in [0.29, 0.717) is 5.01 Å². The van der Waals surface area contributed by atoms with Gasteiger partial charge >= 0.3 is 0 Å². The SMILES string of the molecule is CC1(C)OC[C@H]([C@@H](CC(=O)c2nccs2)C[N+](=O)[O-])O1. The van der Waals surface area contributed by atoms with Gasteiger partial charge in [0, 0.05) is 22.9 Å². The summed E-state index contributed by atoms with van der Waals surface area (Å²) >= 11 is 1.23. The van der Waals surface area contributed by atoms with E-state index >= 15 is 0 Å². The van der Waals surface area contributed by atoms with Crippen LogP contribution in [0.4, 0.5) is 0 Å². The monoisotopic (exact) mass is 300 g/mol. The number of thiazole rings is 1. The molecule has 1 aliphatic heterocycles. The summed E-state index contributed by atoms with van der Waals surface area (Å²) in [6.07, 6.45) is 1.14. The van der Waals surface area contributed by atoms with E-state index in [1.54, 1.807) is 25.4 Å². The molecule has 20 heavy (non-hydrogen) atoms. The van der Waals surface area contributed by atoms with Crippen LogP contribution in [0.2, 0.25) is 0 Å². The second kappa shape index (κ2) is 5.94. The van der Waals surface area contributed by atoms with E-state index in [1.807, 2.05) is 0 Å². The molecule has 7 nitrogen and oxygen atoms in total. The van der Waals surface area contributed by atoms with E-state index in [0.717, 1.165) is 0 Å². The molecule has 0 spiro atoms. The second-order valence-electron chi connectivity index (χ2n) is 5.11. The molecule has 2 rings (SSSR count). The van der Waals surface area contributed by atoms with Crippen LogP contribution in [0, 0.1) is 16.0 Å². The van der Waals surface area contributed by atoms with Crippen LogP contribution in [0.5, 0.6) is 0 Å². The van der Waals surface area contributed by atoms with Crippen molar-refractivity contribution in [1.29, 1.82) is 0 Å². The highest BCUT2D eigenvalue weighted by Gasteiger charge is 2.40. The van der Waals surface area contributed by atoms with Crippen LogP contribution in [-0.4, -0.2) is 40.7 Å². The molecule has 1 aromatic heterocycles. The maximum absolute atomic E-state index is 12.0. The third kappa shape index (κ3) is 3.81. The molecule has 0 N–H and O–H groups in total. The maximum atomic E-state index is 12.0. The molecule has 0 bridgehead atoms. The van der Waals surface area contributed by atoms with E-state index in [-0.39, 0.29) is 25.4 Å². The van der Waals surface area contributed by atoms with Gasteiger partial charge in [0.2, 0.25) is 6.54 Å². The Morgan fingerprint density at radius 1 is 1.70 bits per heavy atom. The van der Waals surface area contributed by atoms with Crippen molar-refractivity contribution in [1.82, 2.24) is 4.98 Å². The summed E-state index contributed by atoms with van der Waals surface area (Å²) in [5.74, 6) is -1.47. The molecule has 0 amide bonds. The molecule has 0 aliphatic carbocycles. The molecule has 1 aromatic rings. The van der Waals surface area contributed by atoms with Gasteiger partial charge in [-0.3, -0.25) is 14.9 Å². The van der Waals surface area contributed by atoms with E-state index in [2.05, 4.69) is 4.98 Å². The molecule has 0 radical (unpaired) electrons. The van der Waals surface area contributed by atoms with Crippen molar-refractivity contribution >= 4 is 17.1 Å². The molecule has 2 heterocycles. The van der Waals surface area contributed by atoms with Gasteiger partial charge in [-0.2, -0.15) is 0 Å². The van der Waals surface area contributed by atoms with Crippen LogP contribution in [0.25, 0.3) is 0 Å². The number of Topliss-reactive ketones (excluding diaryl/α,β-unsaturated/α-hetero) is 1. The topological polar surface area (TPSA) is 91.6 Å². The molecule has 1 saturated heterocycles. The highest BCUT2D eigenvalue weighted by atomic mass is 32.1. The number of nitro groups is 1. The summed E-state index contributed by atoms with van der Waals surface area (Å²) < 4.78 is 11.1. The highest BCUT2D eigenvalue weighted by molar-refractivity contribution is 7.11. The van der Waals surface area contributed by atoms with Gasteiger partial charge in [0.25, 0.3) is 0 Å². The third-order valence-corrected chi connectivity index (χ3v) is 3.87. The average molecular weight is 300 g/mol. The quantitative estimate of drug-likeness (QED) is 0.451. The van der Waals surface area contributed by atoms with Crippen LogP contribution in [-0.2, 0) is 9.47 Å². The Labute approximate surface area is 120 Å². The Kier molecular flexibility index (Phi) is 4.46. The van der Waals surface area contributed by atoms with Crippen molar-refractivity contribution in [2.75, 3.05) is 13.2 Å². The van der Waals surface area contributed by atoms with Crippen molar-refractivity contribution < 1.29 is 19.2 Å². The van der Waals surface area contributed by atoms with Crippen molar-refractivity contribution in [2.45, 2.75) is 32.2 Å². The standard InChI is InChI=1S/C12H16N2O5S/c1-12(2)18-7-10(19-12)8(6-14(16)17)5-9(15)11-13-3-4-20-11/h3-4,8,10H,5-7H2,1-2H3/t8-,10+/m0/s1. The normalized spacial score (nSPS) is 22.6. The largest absolute Gasteiger partial charge is 0.348 e. The van der Waals surface area contributed by atoms with Gasteiger partial charge in [-0.1, -0.05) is 0 Å². The minimum absolute atomic E-state index is 0.0403. The van der Waals surface area contributed by atoms with E-state index in [9.17, 15) is 14.9 Å². The minimum atomic E-state index is -0.760. The predicted octanol–water partition coefficient (Wildman–Crippen LogP) is 1.76. The Bertz CT molecular complexity index is 488. The lowest BCUT2D eigenvalue weighted by Crippen LogP contribution is -2.33. The lowest BCUT2D eigenvalue weighted by Gasteiger charge is -2.21. The van der Waals surface area contributed by atoms with Crippen LogP contribution < -0.4 is 0 Å². The lowest BCUT2D eigenvalue weighted by molar-refractivity contribution is -0.490. The number of carbonyl (C=O) groups excluding carboxylic acids is 1. The molecule has 110 valence electrons. The molecular formula is C12H16N2O5S. The number of rotatable bonds is 6. The van der Waals surface area contributed by atoms with Gasteiger partial charge in [0.15, 0.2) is 16.6 Å². The molecule has 1 fully saturated rings. The fraction of sp³-hybridized carbons (Fsp3) is 0.667. The molecule has 0 unspecified atom stereocenters. The van der Waals surface area contributed by atoms with Crippen LogP contribution in [0.15, 0.2) is 11.6 Å². The zero-order valence-corrected chi connectivity index (χ0v) is 12.1. The first-order valence-electron chi connectivity index (χ1n) is 6.23. The summed E-state index contributed by atoms with van der Waals surface area (Å²) in [6, 6.07) is 0. The number of nitrogens with zero attached hydrogens (tertiary/aromatic N) is 2. The number of ether oxygens (including phenoxy) is 2. The Balaban J connectivity index is 2.04. The summed E-state index contributed by atoms with van der Waals surface area (Å²) in [5.41, 5.74) is 0. The first kappa shape index (κ1) is 15.0. The van der Waals surface area contributed by atoms with Gasteiger partial charge in [-0.05, 0) is 13.8 Å². The molecular weight excluding hydrogens is 284 g/mol. The molecule has 8 heteroatoms. The maximum Gasteiger partial charge on any atom is 0.209 e. The molecule has 1 aliphatic rings. The zero-order valence-electron chi connectivity index (χ0n) is 11.3. The number of hydrogen-bond donors (Lipinski definition) is 0. The number of aromatic nitrogens is 1. The van der Waals surface area contributed by atoms with Gasteiger partial charge < -0.3 is 9.47 Å². The number of ketones is 1. The van der Waals surface area contributed by atoms with Crippen molar-refractivity contribution in [2.24, 2.45) is 5.92 Å². The lowest BCUT2D eigenvalue weighted by atomic mass is 9.96. The van der Waals surface area contributed by atoms with E-state index in [1.165, 1.54) is 11.3 Å². The Morgan fingerprint density at radius 2 is 2.45 bits per heavy atom. The summed E-state index contributed by atoms with van der Waals surface area (Å²) in [5, 5.41) is 12.9. The Hall–Kier alpha value is -1.38. The number of hydrogen-bond acceptors (Lipinski definition) is 7.